The molecule has 0 spiro atoms. The maximum absolute atomic E-state index is 6.41. The van der Waals surface area contributed by atoms with Crippen molar-refractivity contribution >= 4 is 16.7 Å². The van der Waals surface area contributed by atoms with Crippen molar-refractivity contribution < 1.29 is 0 Å². The van der Waals surface area contributed by atoms with Crippen LogP contribution < -0.4 is 10.6 Å². The van der Waals surface area contributed by atoms with Crippen molar-refractivity contribution in [2.45, 2.75) is 38.1 Å². The summed E-state index contributed by atoms with van der Waals surface area (Å²) in [4.78, 5) is 2.56. The minimum Gasteiger partial charge on any atom is -0.358 e. The Balaban J connectivity index is 2.11. The van der Waals surface area contributed by atoms with E-state index in [9.17, 15) is 0 Å². The number of para-hydroxylation sites is 1. The lowest BCUT2D eigenvalue weighted by atomic mass is 9.83. The highest BCUT2D eigenvalue weighted by Crippen LogP contribution is 2.48. The Morgan fingerprint density at radius 3 is 2.55 bits per heavy atom. The minimum atomic E-state index is -0.303. The van der Waals surface area contributed by atoms with E-state index in [1.165, 1.54) is 48.2 Å². The van der Waals surface area contributed by atoms with Gasteiger partial charge in [-0.3, -0.25) is 0 Å². The number of aryl methyl sites for hydroxylation is 1. The first-order chi connectivity index (χ1) is 9.48. The maximum atomic E-state index is 6.41. The minimum absolute atomic E-state index is 0.303. The number of aromatic nitrogens is 1. The van der Waals surface area contributed by atoms with Crippen LogP contribution in [-0.2, 0) is 12.6 Å². The molecule has 2 bridgehead atoms. The highest BCUT2D eigenvalue weighted by atomic mass is 15.3. The molecule has 1 saturated heterocycles. The molecule has 0 atom stereocenters. The Hall–Kier alpha value is -1.48. The van der Waals surface area contributed by atoms with Crippen LogP contribution in [0.5, 0.6) is 0 Å². The smallest absolute Gasteiger partial charge is 0.112 e. The number of nitrogens with zero attached hydrogens (tertiary/aromatic N) is 2. The van der Waals surface area contributed by atoms with E-state index in [0.29, 0.717) is 0 Å². The van der Waals surface area contributed by atoms with Gasteiger partial charge in [-0.1, -0.05) is 18.2 Å². The van der Waals surface area contributed by atoms with Crippen LogP contribution in [0, 0.1) is 0 Å². The van der Waals surface area contributed by atoms with Crippen molar-refractivity contribution in [1.82, 2.24) is 4.57 Å². The molecule has 0 saturated carbocycles. The van der Waals surface area contributed by atoms with Gasteiger partial charge in [0.1, 0.15) is 5.82 Å². The summed E-state index contributed by atoms with van der Waals surface area (Å²) in [6, 6.07) is 6.64. The van der Waals surface area contributed by atoms with E-state index in [2.05, 4.69) is 48.6 Å². The van der Waals surface area contributed by atoms with Crippen LogP contribution in [0.25, 0.3) is 10.9 Å². The molecule has 2 N–H and O–H groups in total. The van der Waals surface area contributed by atoms with Gasteiger partial charge < -0.3 is 15.2 Å². The quantitative estimate of drug-likeness (QED) is 0.863. The van der Waals surface area contributed by atoms with Crippen molar-refractivity contribution in [2.24, 2.45) is 12.8 Å². The van der Waals surface area contributed by atoms with E-state index in [4.69, 9.17) is 5.73 Å². The van der Waals surface area contributed by atoms with E-state index >= 15 is 0 Å². The van der Waals surface area contributed by atoms with Crippen LogP contribution >= 0.6 is 0 Å². The third-order valence-electron chi connectivity index (χ3n) is 5.12. The van der Waals surface area contributed by atoms with Crippen molar-refractivity contribution in [2.75, 3.05) is 18.0 Å². The molecular weight excluding hydrogens is 246 g/mol. The largest absolute Gasteiger partial charge is 0.358 e. The van der Waals surface area contributed by atoms with Gasteiger partial charge in [0.25, 0.3) is 0 Å². The molecule has 5 rings (SSSR count). The van der Waals surface area contributed by atoms with E-state index < -0.39 is 0 Å². The molecule has 0 aliphatic carbocycles. The number of rotatable bonds is 1. The van der Waals surface area contributed by atoms with Crippen LogP contribution in [-0.4, -0.2) is 17.7 Å². The Morgan fingerprint density at radius 1 is 1.20 bits per heavy atom. The van der Waals surface area contributed by atoms with Gasteiger partial charge in [-0.15, -0.1) is 0 Å². The second-order valence-corrected chi connectivity index (χ2v) is 6.98. The summed E-state index contributed by atoms with van der Waals surface area (Å²) >= 11 is 0. The molecule has 1 aromatic heterocycles. The first-order valence-electron chi connectivity index (χ1n) is 7.64. The summed E-state index contributed by atoms with van der Waals surface area (Å²) in [5.41, 5.74) is 10.3. The summed E-state index contributed by atoms with van der Waals surface area (Å²) in [6.45, 7) is 6.62. The SMILES string of the molecule is Cn1c2c(c3cccc(C(C)(C)N)c31)C1CCN2CC1. The fourth-order valence-corrected chi connectivity index (χ4v) is 4.21. The van der Waals surface area contributed by atoms with Crippen molar-refractivity contribution in [3.8, 4) is 0 Å². The number of benzene rings is 1. The average molecular weight is 269 g/mol. The third kappa shape index (κ3) is 1.44. The van der Waals surface area contributed by atoms with Crippen LogP contribution in [0.2, 0.25) is 0 Å². The second kappa shape index (κ2) is 3.79. The number of anilines is 1. The standard InChI is InChI=1S/C17H23N3/c1-17(2,18)13-6-4-5-12-14-11-7-9-20(10-8-11)16(14)19(3)15(12)13/h4-6,11H,7-10,18H2,1-3H3. The van der Waals surface area contributed by atoms with Gasteiger partial charge in [0.05, 0.1) is 5.52 Å². The molecule has 3 aliphatic heterocycles. The lowest BCUT2D eigenvalue weighted by Gasteiger charge is -2.41. The fraction of sp³-hybridized carbons (Fsp3) is 0.529. The number of fused-ring (bicyclic) bond motifs is 3. The predicted octanol–water partition coefficient (Wildman–Crippen LogP) is 3.07. The molecule has 0 unspecified atom stereocenters. The number of piperidine rings is 1. The van der Waals surface area contributed by atoms with Crippen molar-refractivity contribution in [1.29, 1.82) is 0 Å². The van der Waals surface area contributed by atoms with Gasteiger partial charge in [-0.2, -0.15) is 0 Å². The first kappa shape index (κ1) is 12.3. The maximum Gasteiger partial charge on any atom is 0.112 e. The number of hydrogen-bond acceptors (Lipinski definition) is 2. The zero-order valence-corrected chi connectivity index (χ0v) is 12.6. The zero-order valence-electron chi connectivity index (χ0n) is 12.6. The Morgan fingerprint density at radius 2 is 1.90 bits per heavy atom. The topological polar surface area (TPSA) is 34.2 Å². The summed E-state index contributed by atoms with van der Waals surface area (Å²) in [6.07, 6.45) is 2.62. The first-order valence-corrected chi connectivity index (χ1v) is 7.64. The van der Waals surface area contributed by atoms with Gasteiger partial charge in [0.2, 0.25) is 0 Å². The summed E-state index contributed by atoms with van der Waals surface area (Å²) in [7, 11) is 2.21. The Bertz CT molecular complexity index is 682. The number of nitrogens with two attached hydrogens (primary N) is 1. The molecule has 3 aliphatic rings. The lowest BCUT2D eigenvalue weighted by molar-refractivity contribution is 0.469. The Kier molecular flexibility index (Phi) is 2.33. The van der Waals surface area contributed by atoms with Gasteiger partial charge in [0.15, 0.2) is 0 Å². The summed E-state index contributed by atoms with van der Waals surface area (Å²) in [5.74, 6) is 2.19. The molecule has 2 aromatic rings. The molecule has 1 aromatic carbocycles. The molecular formula is C17H23N3. The van der Waals surface area contributed by atoms with E-state index in [1.54, 1.807) is 5.56 Å². The van der Waals surface area contributed by atoms with Crippen molar-refractivity contribution in [3.63, 3.8) is 0 Å². The highest BCUT2D eigenvalue weighted by molar-refractivity contribution is 5.94. The van der Waals surface area contributed by atoms with E-state index in [-0.39, 0.29) is 5.54 Å². The van der Waals surface area contributed by atoms with Crippen molar-refractivity contribution in [3.05, 3.63) is 29.3 Å². The number of hydrogen-bond donors (Lipinski definition) is 1. The van der Waals surface area contributed by atoms with Crippen LogP contribution in [0.3, 0.4) is 0 Å². The monoisotopic (exact) mass is 269 g/mol. The van der Waals surface area contributed by atoms with Crippen LogP contribution in [0.1, 0.15) is 43.7 Å². The average Bonchev–Trinajstić information content (AvgIpc) is 2.75. The van der Waals surface area contributed by atoms with Gasteiger partial charge in [0, 0.05) is 36.6 Å². The van der Waals surface area contributed by atoms with Gasteiger partial charge >= 0.3 is 0 Å². The fourth-order valence-electron chi connectivity index (χ4n) is 4.21. The molecule has 0 radical (unpaired) electrons. The van der Waals surface area contributed by atoms with E-state index in [1.807, 2.05) is 0 Å². The van der Waals surface area contributed by atoms with Crippen LogP contribution in [0.15, 0.2) is 18.2 Å². The summed E-state index contributed by atoms with van der Waals surface area (Å²) in [5, 5.41) is 1.42. The molecule has 106 valence electrons. The van der Waals surface area contributed by atoms with Crippen LogP contribution in [0.4, 0.5) is 5.82 Å². The van der Waals surface area contributed by atoms with Gasteiger partial charge in [-0.05, 0) is 38.2 Å². The highest BCUT2D eigenvalue weighted by Gasteiger charge is 2.36. The predicted molar refractivity (Wildman–Crippen MR) is 84.3 cm³/mol. The third-order valence-corrected chi connectivity index (χ3v) is 5.12. The van der Waals surface area contributed by atoms with E-state index in [0.717, 1.165) is 5.92 Å². The summed E-state index contributed by atoms with van der Waals surface area (Å²) < 4.78 is 2.39. The molecule has 1 fully saturated rings. The second-order valence-electron chi connectivity index (χ2n) is 6.98. The molecule has 4 heterocycles. The Labute approximate surface area is 120 Å². The normalized spacial score (nSPS) is 18.9. The molecule has 3 nitrogen and oxygen atoms in total. The van der Waals surface area contributed by atoms with Gasteiger partial charge in [-0.25, -0.2) is 0 Å². The molecule has 0 amide bonds. The molecule has 3 heteroatoms. The zero-order chi connectivity index (χ0) is 14.1. The lowest BCUT2D eigenvalue weighted by Crippen LogP contribution is -2.39. The molecule has 20 heavy (non-hydrogen) atoms.